The third kappa shape index (κ3) is 4.38. The lowest BCUT2D eigenvalue weighted by molar-refractivity contribution is -0.123. The first-order valence-electron chi connectivity index (χ1n) is 6.81. The summed E-state index contributed by atoms with van der Waals surface area (Å²) >= 11 is 4.64. The van der Waals surface area contributed by atoms with E-state index in [1.54, 1.807) is 40.0 Å². The molecule has 124 valence electrons. The molecule has 0 spiro atoms. The van der Waals surface area contributed by atoms with E-state index in [9.17, 15) is 9.59 Å². The maximum atomic E-state index is 12.2. The summed E-state index contributed by atoms with van der Waals surface area (Å²) in [7, 11) is 1.58. The van der Waals surface area contributed by atoms with Crippen LogP contribution in [0.1, 0.15) is 35.2 Å². The molecular weight excluding hydrogens is 384 g/mol. The normalized spacial score (nSPS) is 11.3. The van der Waals surface area contributed by atoms with Gasteiger partial charge in [0, 0.05) is 14.0 Å². The van der Waals surface area contributed by atoms with Crippen LogP contribution in [0.2, 0.25) is 0 Å². The van der Waals surface area contributed by atoms with Gasteiger partial charge in [-0.3, -0.25) is 9.59 Å². The zero-order chi connectivity index (χ0) is 17.2. The molecule has 2 rings (SSSR count). The predicted molar refractivity (Wildman–Crippen MR) is 89.2 cm³/mol. The Kier molecular flexibility index (Phi) is 5.20. The van der Waals surface area contributed by atoms with E-state index >= 15 is 0 Å². The number of nitrogens with zero attached hydrogens (tertiary/aromatic N) is 3. The molecule has 2 amide bonds. The average molecular weight is 401 g/mol. The van der Waals surface area contributed by atoms with Gasteiger partial charge in [0.15, 0.2) is 5.82 Å². The van der Waals surface area contributed by atoms with Crippen LogP contribution in [-0.2, 0) is 10.3 Å². The van der Waals surface area contributed by atoms with Gasteiger partial charge in [-0.2, -0.15) is 4.98 Å². The van der Waals surface area contributed by atoms with E-state index in [0.29, 0.717) is 16.6 Å². The van der Waals surface area contributed by atoms with Gasteiger partial charge in [0.2, 0.25) is 11.8 Å². The molecule has 7 nitrogen and oxygen atoms in total. The van der Waals surface area contributed by atoms with Crippen LogP contribution >= 0.6 is 27.3 Å². The van der Waals surface area contributed by atoms with Crippen molar-refractivity contribution in [3.05, 3.63) is 32.5 Å². The smallest absolute Gasteiger partial charge is 0.264 e. The van der Waals surface area contributed by atoms with Gasteiger partial charge in [-0.25, -0.2) is 0 Å². The topological polar surface area (TPSA) is 88.3 Å². The molecule has 9 heteroatoms. The summed E-state index contributed by atoms with van der Waals surface area (Å²) in [6, 6.07) is 3.52. The lowest BCUT2D eigenvalue weighted by atomic mass is 10.1. The van der Waals surface area contributed by atoms with Crippen molar-refractivity contribution in [1.29, 1.82) is 0 Å². The predicted octanol–water partition coefficient (Wildman–Crippen LogP) is 2.33. The fraction of sp³-hybridized carbons (Fsp3) is 0.429. The first-order chi connectivity index (χ1) is 10.7. The third-order valence-corrected chi connectivity index (χ3v) is 4.66. The average Bonchev–Trinajstić information content (AvgIpc) is 3.06. The van der Waals surface area contributed by atoms with E-state index in [2.05, 4.69) is 31.4 Å². The standard InChI is InChI=1S/C14H17BrN4O3S/c1-8-16-13(18-22-8)14(2,3)17-11(20)7-19(4)12(21)9-5-6-10(15)23-9/h5-6H,7H2,1-4H3,(H,17,20). The number of amides is 2. The molecule has 0 aliphatic heterocycles. The number of carbonyl (C=O) groups excluding carboxylic acids is 2. The number of nitrogens with one attached hydrogen (secondary N) is 1. The molecule has 1 N–H and O–H groups in total. The van der Waals surface area contributed by atoms with Crippen molar-refractivity contribution >= 4 is 39.1 Å². The fourth-order valence-corrected chi connectivity index (χ4v) is 3.28. The number of aromatic nitrogens is 2. The van der Waals surface area contributed by atoms with Gasteiger partial charge in [0.25, 0.3) is 5.91 Å². The zero-order valence-corrected chi connectivity index (χ0v) is 15.6. The van der Waals surface area contributed by atoms with E-state index in [1.165, 1.54) is 16.2 Å². The van der Waals surface area contributed by atoms with Crippen LogP contribution in [0.4, 0.5) is 0 Å². The lowest BCUT2D eigenvalue weighted by Crippen LogP contribution is -2.46. The van der Waals surface area contributed by atoms with Crippen molar-refractivity contribution in [2.24, 2.45) is 0 Å². The van der Waals surface area contributed by atoms with Gasteiger partial charge in [0.05, 0.1) is 20.7 Å². The molecule has 0 bridgehead atoms. The number of likely N-dealkylation sites (N-methyl/N-ethyl adjacent to an activating group) is 1. The molecule has 2 aromatic heterocycles. The molecule has 2 aromatic rings. The van der Waals surface area contributed by atoms with Gasteiger partial charge < -0.3 is 14.7 Å². The Bertz CT molecular complexity index is 725. The summed E-state index contributed by atoms with van der Waals surface area (Å²) in [5.41, 5.74) is -0.787. The first-order valence-corrected chi connectivity index (χ1v) is 8.42. The molecule has 23 heavy (non-hydrogen) atoms. The van der Waals surface area contributed by atoms with Crippen LogP contribution in [0.15, 0.2) is 20.4 Å². The highest BCUT2D eigenvalue weighted by atomic mass is 79.9. The van der Waals surface area contributed by atoms with Crippen LogP contribution in [0, 0.1) is 6.92 Å². The minimum absolute atomic E-state index is 0.0609. The van der Waals surface area contributed by atoms with Crippen molar-refractivity contribution in [2.45, 2.75) is 26.3 Å². The van der Waals surface area contributed by atoms with Crippen molar-refractivity contribution in [3.63, 3.8) is 0 Å². The Hall–Kier alpha value is -1.74. The first kappa shape index (κ1) is 17.6. The maximum Gasteiger partial charge on any atom is 0.264 e. The summed E-state index contributed by atoms with van der Waals surface area (Å²) in [6.07, 6.45) is 0. The molecule has 0 aliphatic carbocycles. The summed E-state index contributed by atoms with van der Waals surface area (Å²) in [4.78, 5) is 30.5. The molecular formula is C14H17BrN4O3S. The van der Waals surface area contributed by atoms with Crippen LogP contribution in [0.5, 0.6) is 0 Å². The minimum atomic E-state index is -0.787. The fourth-order valence-electron chi connectivity index (χ4n) is 1.90. The quantitative estimate of drug-likeness (QED) is 0.831. The second-order valence-electron chi connectivity index (χ2n) is 5.58. The zero-order valence-electron chi connectivity index (χ0n) is 13.2. The molecule has 2 heterocycles. The van der Waals surface area contributed by atoms with Crippen molar-refractivity contribution in [1.82, 2.24) is 20.4 Å². The number of rotatable bonds is 5. The Morgan fingerprint density at radius 1 is 1.43 bits per heavy atom. The molecule has 0 radical (unpaired) electrons. The summed E-state index contributed by atoms with van der Waals surface area (Å²) < 4.78 is 5.80. The van der Waals surface area contributed by atoms with Gasteiger partial charge in [-0.1, -0.05) is 5.16 Å². The van der Waals surface area contributed by atoms with Gasteiger partial charge in [-0.05, 0) is 41.9 Å². The van der Waals surface area contributed by atoms with Crippen LogP contribution < -0.4 is 5.32 Å². The van der Waals surface area contributed by atoms with Gasteiger partial charge >= 0.3 is 0 Å². The molecule has 0 saturated carbocycles. The third-order valence-electron chi connectivity index (χ3n) is 3.05. The highest BCUT2D eigenvalue weighted by molar-refractivity contribution is 9.11. The van der Waals surface area contributed by atoms with E-state index in [4.69, 9.17) is 4.52 Å². The lowest BCUT2D eigenvalue weighted by Gasteiger charge is -2.24. The Morgan fingerprint density at radius 2 is 2.13 bits per heavy atom. The Labute approximate surface area is 146 Å². The number of hydrogen-bond donors (Lipinski definition) is 1. The summed E-state index contributed by atoms with van der Waals surface area (Å²) in [6.45, 7) is 5.16. The van der Waals surface area contributed by atoms with Crippen LogP contribution in [0.25, 0.3) is 0 Å². The summed E-state index contributed by atoms with van der Waals surface area (Å²) in [5, 5.41) is 6.62. The van der Waals surface area contributed by atoms with E-state index < -0.39 is 5.54 Å². The van der Waals surface area contributed by atoms with E-state index in [-0.39, 0.29) is 18.4 Å². The Morgan fingerprint density at radius 3 is 2.65 bits per heavy atom. The summed E-state index contributed by atoms with van der Waals surface area (Å²) in [5.74, 6) is 0.311. The second kappa shape index (κ2) is 6.79. The Balaban J connectivity index is 1.97. The van der Waals surface area contributed by atoms with E-state index in [0.717, 1.165) is 3.79 Å². The van der Waals surface area contributed by atoms with Gasteiger partial charge in [0.1, 0.15) is 0 Å². The van der Waals surface area contributed by atoms with Crippen molar-refractivity contribution in [2.75, 3.05) is 13.6 Å². The largest absolute Gasteiger partial charge is 0.342 e. The van der Waals surface area contributed by atoms with Crippen LogP contribution in [-0.4, -0.2) is 40.4 Å². The second-order valence-corrected chi connectivity index (χ2v) is 8.04. The van der Waals surface area contributed by atoms with Crippen LogP contribution in [0.3, 0.4) is 0 Å². The SMILES string of the molecule is Cc1nc(C(C)(C)NC(=O)CN(C)C(=O)c2ccc(Br)s2)no1. The molecule has 0 aromatic carbocycles. The number of thiophene rings is 1. The number of aryl methyl sites for hydroxylation is 1. The molecule has 0 saturated heterocycles. The van der Waals surface area contributed by atoms with Crippen molar-refractivity contribution in [3.8, 4) is 0 Å². The molecule has 0 aliphatic rings. The number of hydrogen-bond acceptors (Lipinski definition) is 6. The molecule has 0 unspecified atom stereocenters. The maximum absolute atomic E-state index is 12.2. The monoisotopic (exact) mass is 400 g/mol. The molecule has 0 fully saturated rings. The van der Waals surface area contributed by atoms with E-state index in [1.807, 2.05) is 0 Å². The van der Waals surface area contributed by atoms with Gasteiger partial charge in [-0.15, -0.1) is 11.3 Å². The van der Waals surface area contributed by atoms with Crippen molar-refractivity contribution < 1.29 is 14.1 Å². The molecule has 0 atom stereocenters. The highest BCUT2D eigenvalue weighted by Gasteiger charge is 2.29. The minimum Gasteiger partial charge on any atom is -0.342 e. The highest BCUT2D eigenvalue weighted by Crippen LogP contribution is 2.23. The number of halogens is 1. The number of carbonyl (C=O) groups is 2.